The summed E-state index contributed by atoms with van der Waals surface area (Å²) in [6.07, 6.45) is -0.00164. The predicted molar refractivity (Wildman–Crippen MR) is 68.8 cm³/mol. The van der Waals surface area contributed by atoms with E-state index in [1.807, 2.05) is 0 Å². The van der Waals surface area contributed by atoms with Crippen LogP contribution in [0.15, 0.2) is 18.2 Å². The highest BCUT2D eigenvalue weighted by atomic mass is 35.5. The van der Waals surface area contributed by atoms with Crippen LogP contribution >= 0.6 is 11.6 Å². The Labute approximate surface area is 111 Å². The van der Waals surface area contributed by atoms with E-state index >= 15 is 0 Å². The lowest BCUT2D eigenvalue weighted by Gasteiger charge is -2.21. The molecule has 0 aliphatic rings. The van der Waals surface area contributed by atoms with Crippen molar-refractivity contribution < 1.29 is 13.9 Å². The van der Waals surface area contributed by atoms with Crippen molar-refractivity contribution in [2.75, 3.05) is 0 Å². The predicted octanol–water partition coefficient (Wildman–Crippen LogP) is 3.21. The molecule has 0 aliphatic heterocycles. The number of halogens is 2. The molecule has 100 valence electrons. The Balaban J connectivity index is 2.68. The lowest BCUT2D eigenvalue weighted by Crippen LogP contribution is -2.26. The number of esters is 1. The zero-order valence-electron chi connectivity index (χ0n) is 10.7. The molecule has 1 atom stereocenters. The third kappa shape index (κ3) is 4.63. The SMILES string of the molecule is CC(C)(C)OC(=O)CC(N)c1ccc(Cl)c(F)c1. The molecular formula is C13H17ClFNO2. The smallest absolute Gasteiger partial charge is 0.308 e. The van der Waals surface area contributed by atoms with Gasteiger partial charge >= 0.3 is 5.97 Å². The van der Waals surface area contributed by atoms with E-state index in [4.69, 9.17) is 22.1 Å². The summed E-state index contributed by atoms with van der Waals surface area (Å²) in [5, 5.41) is 0.0308. The number of carbonyl (C=O) groups is 1. The Morgan fingerprint density at radius 3 is 2.61 bits per heavy atom. The maximum Gasteiger partial charge on any atom is 0.308 e. The van der Waals surface area contributed by atoms with Gasteiger partial charge in [0.05, 0.1) is 11.4 Å². The minimum atomic E-state index is -0.605. The van der Waals surface area contributed by atoms with Crippen LogP contribution in [0.25, 0.3) is 0 Å². The second kappa shape index (κ2) is 5.67. The summed E-state index contributed by atoms with van der Waals surface area (Å²) in [5.41, 5.74) is 5.79. The quantitative estimate of drug-likeness (QED) is 0.861. The fourth-order valence-electron chi connectivity index (χ4n) is 1.42. The summed E-state index contributed by atoms with van der Waals surface area (Å²) in [6.45, 7) is 5.33. The molecule has 0 saturated heterocycles. The Hall–Kier alpha value is -1.13. The van der Waals surface area contributed by atoms with Gasteiger partial charge in [0.1, 0.15) is 11.4 Å². The minimum absolute atomic E-state index is 0.00164. The van der Waals surface area contributed by atoms with Crippen LogP contribution in [0.1, 0.15) is 38.8 Å². The summed E-state index contributed by atoms with van der Waals surface area (Å²) in [7, 11) is 0. The fourth-order valence-corrected chi connectivity index (χ4v) is 1.54. The van der Waals surface area contributed by atoms with Gasteiger partial charge in [0.25, 0.3) is 0 Å². The zero-order chi connectivity index (χ0) is 13.9. The first-order chi connectivity index (χ1) is 8.19. The third-order valence-electron chi connectivity index (χ3n) is 2.18. The molecule has 2 N–H and O–H groups in total. The van der Waals surface area contributed by atoms with Crippen LogP contribution in [-0.2, 0) is 9.53 Å². The molecule has 0 aromatic heterocycles. The lowest BCUT2D eigenvalue weighted by molar-refractivity contribution is -0.155. The number of benzene rings is 1. The first kappa shape index (κ1) is 14.9. The standard InChI is InChI=1S/C13H17ClFNO2/c1-13(2,3)18-12(17)7-11(16)8-4-5-9(14)10(15)6-8/h4-6,11H,7,16H2,1-3H3. The first-order valence-corrected chi connectivity index (χ1v) is 5.99. The van der Waals surface area contributed by atoms with Crippen LogP contribution < -0.4 is 5.73 Å². The molecule has 0 spiro atoms. The lowest BCUT2D eigenvalue weighted by atomic mass is 10.0. The molecule has 3 nitrogen and oxygen atoms in total. The van der Waals surface area contributed by atoms with Crippen LogP contribution in [0.2, 0.25) is 5.02 Å². The van der Waals surface area contributed by atoms with Crippen molar-refractivity contribution in [1.29, 1.82) is 0 Å². The Bertz CT molecular complexity index is 443. The molecule has 0 bridgehead atoms. The summed E-state index contributed by atoms with van der Waals surface area (Å²) in [5.74, 6) is -0.959. The molecule has 1 unspecified atom stereocenters. The molecule has 0 fully saturated rings. The summed E-state index contributed by atoms with van der Waals surface area (Å²) in [6, 6.07) is 3.64. The Kier molecular flexibility index (Phi) is 4.71. The van der Waals surface area contributed by atoms with Crippen LogP contribution in [0.3, 0.4) is 0 Å². The number of hydrogen-bond donors (Lipinski definition) is 1. The second-order valence-corrected chi connectivity index (χ2v) is 5.48. The average Bonchev–Trinajstić information content (AvgIpc) is 2.18. The molecule has 18 heavy (non-hydrogen) atoms. The van der Waals surface area contributed by atoms with Gasteiger partial charge in [-0.05, 0) is 38.5 Å². The van der Waals surface area contributed by atoms with Crippen LogP contribution in [0.4, 0.5) is 4.39 Å². The molecule has 0 amide bonds. The van der Waals surface area contributed by atoms with E-state index in [1.165, 1.54) is 12.1 Å². The fraction of sp³-hybridized carbons (Fsp3) is 0.462. The number of nitrogens with two attached hydrogens (primary N) is 1. The van der Waals surface area contributed by atoms with Gasteiger partial charge in [-0.2, -0.15) is 0 Å². The van der Waals surface area contributed by atoms with Gasteiger partial charge in [0.15, 0.2) is 0 Å². The minimum Gasteiger partial charge on any atom is -0.460 e. The molecule has 1 aromatic carbocycles. The molecular weight excluding hydrogens is 257 g/mol. The number of carbonyl (C=O) groups excluding carboxylic acids is 1. The molecule has 0 saturated carbocycles. The molecule has 5 heteroatoms. The van der Waals surface area contributed by atoms with Gasteiger partial charge in [0.2, 0.25) is 0 Å². The van der Waals surface area contributed by atoms with Crippen molar-refractivity contribution in [3.63, 3.8) is 0 Å². The normalized spacial score (nSPS) is 13.2. The van der Waals surface area contributed by atoms with E-state index in [0.29, 0.717) is 5.56 Å². The highest BCUT2D eigenvalue weighted by Crippen LogP contribution is 2.21. The highest BCUT2D eigenvalue weighted by molar-refractivity contribution is 6.30. The van der Waals surface area contributed by atoms with Crippen molar-refractivity contribution >= 4 is 17.6 Å². The van der Waals surface area contributed by atoms with Crippen LogP contribution in [-0.4, -0.2) is 11.6 Å². The molecule has 0 radical (unpaired) electrons. The monoisotopic (exact) mass is 273 g/mol. The van der Waals surface area contributed by atoms with E-state index in [-0.39, 0.29) is 11.4 Å². The summed E-state index contributed by atoms with van der Waals surface area (Å²) in [4.78, 5) is 11.6. The van der Waals surface area contributed by atoms with Crippen LogP contribution in [0, 0.1) is 5.82 Å². The van der Waals surface area contributed by atoms with Crippen molar-refractivity contribution in [1.82, 2.24) is 0 Å². The zero-order valence-corrected chi connectivity index (χ0v) is 11.4. The summed E-state index contributed by atoms with van der Waals surface area (Å²) < 4.78 is 18.4. The highest BCUT2D eigenvalue weighted by Gasteiger charge is 2.19. The maximum atomic E-state index is 13.2. The Morgan fingerprint density at radius 2 is 2.11 bits per heavy atom. The van der Waals surface area contributed by atoms with E-state index in [9.17, 15) is 9.18 Å². The third-order valence-corrected chi connectivity index (χ3v) is 2.48. The molecule has 1 rings (SSSR count). The van der Waals surface area contributed by atoms with Gasteiger partial charge in [-0.25, -0.2) is 4.39 Å². The average molecular weight is 274 g/mol. The topological polar surface area (TPSA) is 52.3 Å². The van der Waals surface area contributed by atoms with Gasteiger partial charge < -0.3 is 10.5 Å². The van der Waals surface area contributed by atoms with E-state index in [0.717, 1.165) is 0 Å². The Morgan fingerprint density at radius 1 is 1.50 bits per heavy atom. The van der Waals surface area contributed by atoms with Crippen LogP contribution in [0.5, 0.6) is 0 Å². The van der Waals surface area contributed by atoms with Gasteiger partial charge in [-0.1, -0.05) is 17.7 Å². The molecule has 1 aromatic rings. The van der Waals surface area contributed by atoms with Crippen molar-refractivity contribution in [2.45, 2.75) is 38.8 Å². The number of hydrogen-bond acceptors (Lipinski definition) is 3. The largest absolute Gasteiger partial charge is 0.460 e. The molecule has 0 aliphatic carbocycles. The first-order valence-electron chi connectivity index (χ1n) is 5.61. The van der Waals surface area contributed by atoms with Gasteiger partial charge in [0, 0.05) is 6.04 Å². The maximum absolute atomic E-state index is 13.2. The second-order valence-electron chi connectivity index (χ2n) is 5.07. The number of ether oxygens (including phenoxy) is 1. The van der Waals surface area contributed by atoms with Crippen molar-refractivity contribution in [3.8, 4) is 0 Å². The van der Waals surface area contributed by atoms with Crippen molar-refractivity contribution in [3.05, 3.63) is 34.6 Å². The van der Waals surface area contributed by atoms with E-state index in [1.54, 1.807) is 26.8 Å². The van der Waals surface area contributed by atoms with Crippen molar-refractivity contribution in [2.24, 2.45) is 5.73 Å². The van der Waals surface area contributed by atoms with Gasteiger partial charge in [-0.3, -0.25) is 4.79 Å². The van der Waals surface area contributed by atoms with E-state index in [2.05, 4.69) is 0 Å². The molecule has 0 heterocycles. The summed E-state index contributed by atoms with van der Waals surface area (Å²) >= 11 is 5.57. The number of rotatable bonds is 3. The van der Waals surface area contributed by atoms with E-state index < -0.39 is 23.4 Å². The van der Waals surface area contributed by atoms with Gasteiger partial charge in [-0.15, -0.1) is 0 Å².